The number of pyridine rings is 1. The smallest absolute Gasteiger partial charge is 0.338 e. The molecule has 232 valence electrons. The highest BCUT2D eigenvalue weighted by molar-refractivity contribution is 5.96. The van der Waals surface area contributed by atoms with Gasteiger partial charge in [0.15, 0.2) is 11.5 Å². The first-order chi connectivity index (χ1) is 21.9. The van der Waals surface area contributed by atoms with Gasteiger partial charge >= 0.3 is 11.9 Å². The van der Waals surface area contributed by atoms with E-state index in [0.717, 1.165) is 5.56 Å². The van der Waals surface area contributed by atoms with E-state index in [2.05, 4.69) is 4.98 Å². The number of carbonyl (C=O) groups is 2. The SMILES string of the molecule is CCOC(=O)C(=Cc1cccnc1-c1ccc(OC)cc1OCc1ccccc1C(=O)OC)Cc1cc2c(cc1OC)OCO2. The molecule has 1 aliphatic heterocycles. The second-order valence-corrected chi connectivity index (χ2v) is 9.82. The third kappa shape index (κ3) is 7.01. The van der Waals surface area contributed by atoms with Crippen LogP contribution in [0.4, 0.5) is 0 Å². The fraction of sp³-hybridized carbons (Fsp3) is 0.229. The van der Waals surface area contributed by atoms with Crippen molar-refractivity contribution in [3.05, 3.63) is 101 Å². The predicted molar refractivity (Wildman–Crippen MR) is 166 cm³/mol. The number of aromatic nitrogens is 1. The second-order valence-electron chi connectivity index (χ2n) is 9.82. The first-order valence-corrected chi connectivity index (χ1v) is 14.2. The summed E-state index contributed by atoms with van der Waals surface area (Å²) in [5, 5.41) is 0. The van der Waals surface area contributed by atoms with E-state index in [1.807, 2.05) is 18.2 Å². The van der Waals surface area contributed by atoms with E-state index in [0.29, 0.717) is 62.3 Å². The van der Waals surface area contributed by atoms with Crippen LogP contribution in [0.2, 0.25) is 0 Å². The van der Waals surface area contributed by atoms with Gasteiger partial charge in [-0.05, 0) is 43.3 Å². The Labute approximate surface area is 261 Å². The molecule has 1 aromatic heterocycles. The normalized spacial score (nSPS) is 12.0. The summed E-state index contributed by atoms with van der Waals surface area (Å²) < 4.78 is 38.8. The lowest BCUT2D eigenvalue weighted by atomic mass is 9.98. The Balaban J connectivity index is 1.54. The van der Waals surface area contributed by atoms with Crippen LogP contribution in [0.1, 0.15) is 34.0 Å². The molecule has 0 atom stereocenters. The number of hydrogen-bond donors (Lipinski definition) is 0. The summed E-state index contributed by atoms with van der Waals surface area (Å²) in [6.07, 6.45) is 3.62. The average Bonchev–Trinajstić information content (AvgIpc) is 3.54. The minimum absolute atomic E-state index is 0.0848. The van der Waals surface area contributed by atoms with Crippen molar-refractivity contribution in [2.24, 2.45) is 0 Å². The van der Waals surface area contributed by atoms with Gasteiger partial charge in [-0.25, -0.2) is 9.59 Å². The first-order valence-electron chi connectivity index (χ1n) is 14.2. The van der Waals surface area contributed by atoms with Crippen LogP contribution < -0.4 is 23.7 Å². The van der Waals surface area contributed by atoms with Gasteiger partial charge in [0, 0.05) is 52.6 Å². The summed E-state index contributed by atoms with van der Waals surface area (Å²) in [4.78, 5) is 30.3. The van der Waals surface area contributed by atoms with Gasteiger partial charge in [0.1, 0.15) is 23.9 Å². The molecule has 0 spiro atoms. The van der Waals surface area contributed by atoms with Crippen molar-refractivity contribution >= 4 is 18.0 Å². The Morgan fingerprint density at radius 2 is 1.69 bits per heavy atom. The lowest BCUT2D eigenvalue weighted by Gasteiger charge is -2.16. The summed E-state index contributed by atoms with van der Waals surface area (Å²) in [5.74, 6) is 1.82. The number of hydrogen-bond acceptors (Lipinski definition) is 10. The summed E-state index contributed by atoms with van der Waals surface area (Å²) in [7, 11) is 4.46. The first kappa shape index (κ1) is 30.9. The van der Waals surface area contributed by atoms with Crippen LogP contribution in [0.5, 0.6) is 28.7 Å². The summed E-state index contributed by atoms with van der Waals surface area (Å²) in [6, 6.07) is 19.7. The fourth-order valence-corrected chi connectivity index (χ4v) is 4.91. The molecule has 45 heavy (non-hydrogen) atoms. The van der Waals surface area contributed by atoms with E-state index in [-0.39, 0.29) is 26.4 Å². The summed E-state index contributed by atoms with van der Waals surface area (Å²) in [6.45, 7) is 2.16. The van der Waals surface area contributed by atoms with Gasteiger partial charge in [0.05, 0.1) is 39.2 Å². The maximum atomic E-state index is 13.3. The molecule has 2 heterocycles. The maximum Gasteiger partial charge on any atom is 0.338 e. The molecule has 0 unspecified atom stereocenters. The average molecular weight is 612 g/mol. The van der Waals surface area contributed by atoms with E-state index in [1.54, 1.807) is 81.9 Å². The maximum absolute atomic E-state index is 13.3. The molecule has 5 rings (SSSR count). The van der Waals surface area contributed by atoms with Crippen molar-refractivity contribution in [2.75, 3.05) is 34.7 Å². The minimum Gasteiger partial charge on any atom is -0.497 e. The van der Waals surface area contributed by atoms with Crippen LogP contribution in [0.15, 0.2) is 78.5 Å². The Bertz CT molecular complexity index is 1730. The quantitative estimate of drug-likeness (QED) is 0.139. The second kappa shape index (κ2) is 14.3. The van der Waals surface area contributed by atoms with Crippen molar-refractivity contribution < 1.29 is 42.7 Å². The van der Waals surface area contributed by atoms with Crippen molar-refractivity contribution in [3.63, 3.8) is 0 Å². The number of ether oxygens (including phenoxy) is 7. The third-order valence-corrected chi connectivity index (χ3v) is 7.11. The van der Waals surface area contributed by atoms with Crippen molar-refractivity contribution in [1.29, 1.82) is 0 Å². The van der Waals surface area contributed by atoms with Crippen LogP contribution in [-0.2, 0) is 27.3 Å². The number of carbonyl (C=O) groups excluding carboxylic acids is 2. The van der Waals surface area contributed by atoms with Gasteiger partial charge in [-0.3, -0.25) is 4.98 Å². The molecular weight excluding hydrogens is 578 g/mol. The Morgan fingerprint density at radius 1 is 0.889 bits per heavy atom. The zero-order valence-corrected chi connectivity index (χ0v) is 25.5. The van der Waals surface area contributed by atoms with Gasteiger partial charge in [-0.1, -0.05) is 24.3 Å². The molecule has 0 bridgehead atoms. The van der Waals surface area contributed by atoms with Crippen LogP contribution >= 0.6 is 0 Å². The van der Waals surface area contributed by atoms with E-state index in [9.17, 15) is 9.59 Å². The molecule has 3 aromatic carbocycles. The Morgan fingerprint density at radius 3 is 2.44 bits per heavy atom. The largest absolute Gasteiger partial charge is 0.497 e. The van der Waals surface area contributed by atoms with Gasteiger partial charge in [0.2, 0.25) is 6.79 Å². The van der Waals surface area contributed by atoms with Gasteiger partial charge in [-0.15, -0.1) is 0 Å². The standard InChI is InChI=1S/C35H33NO9/c1-5-42-34(37)25(16-24-17-31-32(45-21-44-31)19-29(24)40-3)15-22-10-8-14-36-33(22)28-13-12-26(39-2)18-30(28)43-20-23-9-6-7-11-27(23)35(38)41-4/h6-15,17-19H,5,16,20-21H2,1-4H3. The highest BCUT2D eigenvalue weighted by Crippen LogP contribution is 2.40. The minimum atomic E-state index is -0.474. The molecule has 0 saturated carbocycles. The molecule has 10 heteroatoms. The van der Waals surface area contributed by atoms with Crippen molar-refractivity contribution in [3.8, 4) is 40.0 Å². The zero-order chi connectivity index (χ0) is 31.8. The fourth-order valence-electron chi connectivity index (χ4n) is 4.91. The molecule has 0 N–H and O–H groups in total. The molecule has 0 radical (unpaired) electrons. The molecular formula is C35H33NO9. The number of esters is 2. The molecule has 0 saturated heterocycles. The van der Waals surface area contributed by atoms with E-state index in [1.165, 1.54) is 7.11 Å². The predicted octanol–water partition coefficient (Wildman–Crippen LogP) is 6.05. The van der Waals surface area contributed by atoms with E-state index in [4.69, 9.17) is 33.2 Å². The zero-order valence-electron chi connectivity index (χ0n) is 25.5. The highest BCUT2D eigenvalue weighted by atomic mass is 16.7. The van der Waals surface area contributed by atoms with E-state index < -0.39 is 11.9 Å². The lowest BCUT2D eigenvalue weighted by molar-refractivity contribution is -0.138. The molecule has 10 nitrogen and oxygen atoms in total. The molecule has 0 fully saturated rings. The molecule has 0 amide bonds. The van der Waals surface area contributed by atoms with Crippen LogP contribution in [-0.4, -0.2) is 51.7 Å². The van der Waals surface area contributed by atoms with E-state index >= 15 is 0 Å². The monoisotopic (exact) mass is 611 g/mol. The van der Waals surface area contributed by atoms with Gasteiger partial charge < -0.3 is 33.2 Å². The molecule has 4 aromatic rings. The van der Waals surface area contributed by atoms with Crippen molar-refractivity contribution in [2.45, 2.75) is 20.0 Å². The lowest BCUT2D eigenvalue weighted by Crippen LogP contribution is -2.11. The molecule has 0 aliphatic carbocycles. The Kier molecular flexibility index (Phi) is 9.83. The van der Waals surface area contributed by atoms with Crippen LogP contribution in [0, 0.1) is 0 Å². The highest BCUT2D eigenvalue weighted by Gasteiger charge is 2.22. The third-order valence-electron chi connectivity index (χ3n) is 7.11. The topological polar surface area (TPSA) is 112 Å². The summed E-state index contributed by atoms with van der Waals surface area (Å²) in [5.41, 5.74) is 4.05. The summed E-state index contributed by atoms with van der Waals surface area (Å²) >= 11 is 0. The van der Waals surface area contributed by atoms with Gasteiger partial charge in [0.25, 0.3) is 0 Å². The number of nitrogens with zero attached hydrogens (tertiary/aromatic N) is 1. The number of benzene rings is 3. The number of methoxy groups -OCH3 is 3. The van der Waals surface area contributed by atoms with Crippen LogP contribution in [0.25, 0.3) is 17.3 Å². The number of rotatable bonds is 12. The Hall–Kier alpha value is -5.51. The number of fused-ring (bicyclic) bond motifs is 1. The van der Waals surface area contributed by atoms with Crippen molar-refractivity contribution in [1.82, 2.24) is 4.98 Å². The molecule has 1 aliphatic rings. The van der Waals surface area contributed by atoms with Gasteiger partial charge in [-0.2, -0.15) is 0 Å². The van der Waals surface area contributed by atoms with Crippen LogP contribution in [0.3, 0.4) is 0 Å².